The molecule has 0 aliphatic carbocycles. The maximum Gasteiger partial charge on any atom is 0.280 e. The number of rotatable bonds is 6. The van der Waals surface area contributed by atoms with Gasteiger partial charge >= 0.3 is 0 Å². The first-order valence-corrected chi connectivity index (χ1v) is 5.55. The molecule has 0 saturated carbocycles. The summed E-state index contributed by atoms with van der Waals surface area (Å²) < 4.78 is 0. The van der Waals surface area contributed by atoms with E-state index in [9.17, 15) is 14.9 Å². The van der Waals surface area contributed by atoms with Crippen LogP contribution in [0.4, 0.5) is 11.4 Å². The third-order valence-corrected chi connectivity index (χ3v) is 2.66. The molecule has 0 radical (unpaired) electrons. The molecule has 6 nitrogen and oxygen atoms in total. The van der Waals surface area contributed by atoms with Gasteiger partial charge in [-0.25, -0.2) is 0 Å². The molecule has 0 aliphatic rings. The molecule has 0 aliphatic heterocycles. The van der Waals surface area contributed by atoms with E-state index in [1.807, 2.05) is 30.9 Å². The van der Waals surface area contributed by atoms with E-state index in [-0.39, 0.29) is 11.3 Å². The Kier molecular flexibility index (Phi) is 4.79. The topological polar surface area (TPSA) is 66.7 Å². The number of nitro groups is 1. The van der Waals surface area contributed by atoms with Gasteiger partial charge in [0.1, 0.15) is 0 Å². The maximum atomic E-state index is 10.8. The number of carbonyl (C=O) groups is 1. The number of benzene rings is 1. The van der Waals surface area contributed by atoms with Crippen molar-refractivity contribution in [3.8, 4) is 0 Å². The van der Waals surface area contributed by atoms with Gasteiger partial charge in [0.15, 0.2) is 6.29 Å². The van der Waals surface area contributed by atoms with E-state index < -0.39 is 4.92 Å². The van der Waals surface area contributed by atoms with Crippen LogP contribution < -0.4 is 4.90 Å². The summed E-state index contributed by atoms with van der Waals surface area (Å²) in [6.45, 7) is 1.65. The van der Waals surface area contributed by atoms with Crippen molar-refractivity contribution in [3.63, 3.8) is 0 Å². The third kappa shape index (κ3) is 3.53. The molecule has 1 aromatic rings. The van der Waals surface area contributed by atoms with Crippen molar-refractivity contribution < 1.29 is 9.72 Å². The Morgan fingerprint density at radius 2 is 1.94 bits per heavy atom. The molecule has 6 heteroatoms. The number of aldehydes is 1. The van der Waals surface area contributed by atoms with Crippen molar-refractivity contribution in [2.24, 2.45) is 0 Å². The minimum Gasteiger partial charge on any atom is -0.373 e. The summed E-state index contributed by atoms with van der Waals surface area (Å²) in [5, 5.41) is 10.7. The molecule has 0 saturated heterocycles. The molecule has 0 unspecified atom stereocenters. The molecule has 98 valence electrons. The van der Waals surface area contributed by atoms with E-state index in [0.717, 1.165) is 18.8 Å². The number of hydrogen-bond donors (Lipinski definition) is 0. The summed E-state index contributed by atoms with van der Waals surface area (Å²) in [7, 11) is 5.83. The molecule has 0 heterocycles. The van der Waals surface area contributed by atoms with Crippen molar-refractivity contribution in [1.82, 2.24) is 4.90 Å². The van der Waals surface area contributed by atoms with Gasteiger partial charge in [0.05, 0.1) is 10.5 Å². The monoisotopic (exact) mass is 251 g/mol. The van der Waals surface area contributed by atoms with Gasteiger partial charge in [-0.3, -0.25) is 14.9 Å². The second kappa shape index (κ2) is 6.11. The van der Waals surface area contributed by atoms with Crippen molar-refractivity contribution in [3.05, 3.63) is 33.9 Å². The molecule has 0 amide bonds. The molecule has 0 aromatic heterocycles. The molecule has 1 rings (SSSR count). The number of likely N-dealkylation sites (N-methyl/N-ethyl adjacent to an activating group) is 2. The van der Waals surface area contributed by atoms with E-state index in [1.165, 1.54) is 6.07 Å². The fourth-order valence-corrected chi connectivity index (χ4v) is 1.52. The zero-order chi connectivity index (χ0) is 13.7. The molecule has 0 N–H and O–H groups in total. The smallest absolute Gasteiger partial charge is 0.280 e. The average molecular weight is 251 g/mol. The van der Waals surface area contributed by atoms with Crippen LogP contribution in [0.5, 0.6) is 0 Å². The van der Waals surface area contributed by atoms with Crippen LogP contribution in [0.1, 0.15) is 10.4 Å². The van der Waals surface area contributed by atoms with Crippen LogP contribution in [0.3, 0.4) is 0 Å². The maximum absolute atomic E-state index is 10.8. The van der Waals surface area contributed by atoms with Crippen molar-refractivity contribution in [2.45, 2.75) is 0 Å². The van der Waals surface area contributed by atoms with Crippen molar-refractivity contribution in [2.75, 3.05) is 39.1 Å². The first kappa shape index (κ1) is 14.1. The Hall–Kier alpha value is -1.95. The molecular weight excluding hydrogens is 234 g/mol. The standard InChI is InChI=1S/C12H17N3O3/c1-13(2)6-7-14(3)11-4-5-12(15(17)18)10(8-11)9-16/h4-5,8-9H,6-7H2,1-3H3. The Morgan fingerprint density at radius 1 is 1.28 bits per heavy atom. The zero-order valence-corrected chi connectivity index (χ0v) is 10.8. The largest absolute Gasteiger partial charge is 0.373 e. The quantitative estimate of drug-likeness (QED) is 0.434. The summed E-state index contributed by atoms with van der Waals surface area (Å²) >= 11 is 0. The summed E-state index contributed by atoms with van der Waals surface area (Å²) in [6.07, 6.45) is 0.515. The molecule has 0 spiro atoms. The summed E-state index contributed by atoms with van der Waals surface area (Å²) in [5.41, 5.74) is 0.744. The summed E-state index contributed by atoms with van der Waals surface area (Å²) in [6, 6.07) is 4.56. The zero-order valence-electron chi connectivity index (χ0n) is 10.8. The van der Waals surface area contributed by atoms with Crippen LogP contribution in [0.25, 0.3) is 0 Å². The van der Waals surface area contributed by atoms with Crippen molar-refractivity contribution in [1.29, 1.82) is 0 Å². The highest BCUT2D eigenvalue weighted by Gasteiger charge is 2.14. The van der Waals surface area contributed by atoms with Crippen LogP contribution in [0.15, 0.2) is 18.2 Å². The second-order valence-electron chi connectivity index (χ2n) is 4.34. The predicted octanol–water partition coefficient (Wildman–Crippen LogP) is 1.41. The lowest BCUT2D eigenvalue weighted by molar-refractivity contribution is -0.385. The third-order valence-electron chi connectivity index (χ3n) is 2.66. The molecule has 1 aromatic carbocycles. The van der Waals surface area contributed by atoms with Crippen molar-refractivity contribution >= 4 is 17.7 Å². The normalized spacial score (nSPS) is 10.4. The number of nitro benzene ring substituents is 1. The first-order chi connectivity index (χ1) is 8.45. The molecule has 0 atom stereocenters. The van der Waals surface area contributed by atoms with E-state index in [0.29, 0.717) is 6.29 Å². The highest BCUT2D eigenvalue weighted by molar-refractivity contribution is 5.83. The van der Waals surface area contributed by atoms with Gasteiger partial charge in [-0.1, -0.05) is 0 Å². The summed E-state index contributed by atoms with van der Waals surface area (Å²) in [4.78, 5) is 25.0. The van der Waals surface area contributed by atoms with Gasteiger partial charge in [-0.15, -0.1) is 0 Å². The Balaban J connectivity index is 2.91. The fourth-order valence-electron chi connectivity index (χ4n) is 1.52. The molecule has 18 heavy (non-hydrogen) atoms. The summed E-state index contributed by atoms with van der Waals surface area (Å²) in [5.74, 6) is 0. The molecule has 0 bridgehead atoms. The van der Waals surface area contributed by atoms with Gasteiger partial charge < -0.3 is 9.80 Å². The molecular formula is C12H17N3O3. The molecule has 0 fully saturated rings. The number of carbonyl (C=O) groups excluding carboxylic acids is 1. The SMILES string of the molecule is CN(C)CCN(C)c1ccc([N+](=O)[O-])c(C=O)c1. The second-order valence-corrected chi connectivity index (χ2v) is 4.34. The van der Waals surface area contributed by atoms with Gasteiger partial charge in [-0.2, -0.15) is 0 Å². The van der Waals surface area contributed by atoms with Crippen LogP contribution in [-0.2, 0) is 0 Å². The van der Waals surface area contributed by atoms with E-state index in [1.54, 1.807) is 12.1 Å². The lowest BCUT2D eigenvalue weighted by atomic mass is 10.1. The van der Waals surface area contributed by atoms with Gasteiger partial charge in [0.25, 0.3) is 5.69 Å². The van der Waals surface area contributed by atoms with Crippen LogP contribution >= 0.6 is 0 Å². The lowest BCUT2D eigenvalue weighted by Gasteiger charge is -2.21. The minimum atomic E-state index is -0.548. The van der Waals surface area contributed by atoms with Gasteiger partial charge in [0, 0.05) is 31.9 Å². The number of hydrogen-bond acceptors (Lipinski definition) is 5. The Morgan fingerprint density at radius 3 is 2.44 bits per heavy atom. The van der Waals surface area contributed by atoms with E-state index in [4.69, 9.17) is 0 Å². The minimum absolute atomic E-state index is 0.106. The number of nitrogens with zero attached hydrogens (tertiary/aromatic N) is 3. The number of anilines is 1. The highest BCUT2D eigenvalue weighted by Crippen LogP contribution is 2.22. The fraction of sp³-hybridized carbons (Fsp3) is 0.417. The van der Waals surface area contributed by atoms with E-state index >= 15 is 0 Å². The van der Waals surface area contributed by atoms with Crippen LogP contribution in [0, 0.1) is 10.1 Å². The van der Waals surface area contributed by atoms with Gasteiger partial charge in [0.2, 0.25) is 0 Å². The lowest BCUT2D eigenvalue weighted by Crippen LogP contribution is -2.28. The highest BCUT2D eigenvalue weighted by atomic mass is 16.6. The Labute approximate surface area is 106 Å². The first-order valence-electron chi connectivity index (χ1n) is 5.55. The van der Waals surface area contributed by atoms with Crippen LogP contribution in [0.2, 0.25) is 0 Å². The van der Waals surface area contributed by atoms with Crippen LogP contribution in [-0.4, -0.2) is 50.3 Å². The van der Waals surface area contributed by atoms with Gasteiger partial charge in [-0.05, 0) is 26.2 Å². The van der Waals surface area contributed by atoms with E-state index in [2.05, 4.69) is 0 Å². The average Bonchev–Trinajstić information content (AvgIpc) is 2.34. The predicted molar refractivity (Wildman–Crippen MR) is 70.3 cm³/mol. The Bertz CT molecular complexity index is 446.